The first-order valence-corrected chi connectivity index (χ1v) is 13.0. The van der Waals surface area contributed by atoms with Crippen molar-refractivity contribution in [3.63, 3.8) is 0 Å². The van der Waals surface area contributed by atoms with Crippen LogP contribution in [0.5, 0.6) is 0 Å². The number of aromatic nitrogens is 1. The minimum atomic E-state index is 0.473. The Bertz CT molecular complexity index is 1320. The van der Waals surface area contributed by atoms with Gasteiger partial charge in [0.25, 0.3) is 0 Å². The van der Waals surface area contributed by atoms with Crippen molar-refractivity contribution in [1.82, 2.24) is 0 Å². The summed E-state index contributed by atoms with van der Waals surface area (Å²) in [5.41, 5.74) is 4.69. The summed E-state index contributed by atoms with van der Waals surface area (Å²) in [5, 5.41) is 2.45. The molecule has 0 fully saturated rings. The van der Waals surface area contributed by atoms with Crippen LogP contribution in [0.25, 0.3) is 27.9 Å². The monoisotopic (exact) mass is 513 g/mol. The van der Waals surface area contributed by atoms with Crippen molar-refractivity contribution in [3.8, 4) is 0 Å². The molecule has 0 saturated heterocycles. The summed E-state index contributed by atoms with van der Waals surface area (Å²) in [5.74, 6) is 0.854. The predicted octanol–water partition coefficient (Wildman–Crippen LogP) is 3.75. The summed E-state index contributed by atoms with van der Waals surface area (Å²) >= 11 is 1.04. The molecule has 0 radical (unpaired) electrons. The van der Waals surface area contributed by atoms with Crippen LogP contribution in [-0.2, 0) is 7.05 Å². The summed E-state index contributed by atoms with van der Waals surface area (Å²) in [6.45, 7) is 2.14. The Morgan fingerprint density at radius 3 is 2.86 bits per heavy atom. The molecule has 0 spiro atoms. The Balaban J connectivity index is 1.42. The first kappa shape index (κ1) is 18.7. The second kappa shape index (κ2) is 7.51. The van der Waals surface area contributed by atoms with Gasteiger partial charge in [0.2, 0.25) is 0 Å². The van der Waals surface area contributed by atoms with Crippen LogP contribution in [0.15, 0.2) is 80.2 Å². The van der Waals surface area contributed by atoms with Gasteiger partial charge in [-0.15, -0.1) is 0 Å². The normalized spacial score (nSPS) is 16.0. The van der Waals surface area contributed by atoms with E-state index >= 15 is 0 Å². The molecule has 2 aromatic carbocycles. The van der Waals surface area contributed by atoms with Gasteiger partial charge >= 0.3 is 177 Å². The van der Waals surface area contributed by atoms with Crippen LogP contribution in [0.2, 0.25) is 0 Å². The average Bonchev–Trinajstić information content (AvgIpc) is 3.40. The van der Waals surface area contributed by atoms with Gasteiger partial charge in [-0.3, -0.25) is 0 Å². The zero-order valence-corrected chi connectivity index (χ0v) is 20.0. The van der Waals surface area contributed by atoms with Gasteiger partial charge in [-0.25, -0.2) is 0 Å². The maximum absolute atomic E-state index is 6.12. The van der Waals surface area contributed by atoms with E-state index in [1.807, 2.05) is 0 Å². The minimum absolute atomic E-state index is 0.473. The molecule has 3 nitrogen and oxygen atoms in total. The fraction of sp³-hybridized carbons (Fsp3) is 0.125. The molecule has 3 heterocycles. The van der Waals surface area contributed by atoms with Gasteiger partial charge in [-0.05, 0) is 0 Å². The van der Waals surface area contributed by atoms with E-state index in [2.05, 4.69) is 102 Å². The van der Waals surface area contributed by atoms with Crippen LogP contribution in [0, 0.1) is 0 Å². The van der Waals surface area contributed by atoms with Crippen LogP contribution in [0.1, 0.15) is 12.8 Å². The van der Waals surface area contributed by atoms with Crippen LogP contribution >= 0.6 is 0 Å². The van der Waals surface area contributed by atoms with Gasteiger partial charge in [-0.1, -0.05) is 6.07 Å². The molecule has 0 amide bonds. The molecule has 0 unspecified atom stereocenters. The molecule has 5 rings (SSSR count). The summed E-state index contributed by atoms with van der Waals surface area (Å²) in [7, 11) is 4.25. The number of oxazole rings is 1. The molecule has 0 aliphatic carbocycles. The van der Waals surface area contributed by atoms with E-state index in [-0.39, 0.29) is 0 Å². The second-order valence-electron chi connectivity index (χ2n) is 7.14. The molecule has 5 heteroatoms. The Kier molecular flexibility index (Phi) is 4.85. The Hall–Kier alpha value is -2.29. The fourth-order valence-corrected chi connectivity index (χ4v) is 8.95. The van der Waals surface area contributed by atoms with Gasteiger partial charge in [0, 0.05) is 0 Å². The van der Waals surface area contributed by atoms with E-state index in [1.54, 1.807) is 3.34 Å². The molecule has 2 aromatic heterocycles. The molecule has 4 aromatic rings. The Morgan fingerprint density at radius 2 is 2.00 bits per heavy atom. The summed E-state index contributed by atoms with van der Waals surface area (Å²) in [6.07, 6.45) is 8.67. The van der Waals surface area contributed by atoms with Crippen molar-refractivity contribution >= 4 is 66.4 Å². The van der Waals surface area contributed by atoms with Crippen molar-refractivity contribution in [2.45, 2.75) is 6.92 Å². The SMILES string of the molecule is CC(C=Cc1oc2ccc3ccccc3c2[n+]1C)=CC=C1[Se]c2[se]ccc2N1C. The topological polar surface area (TPSA) is 20.3 Å². The molecule has 144 valence electrons. The van der Waals surface area contributed by atoms with Crippen molar-refractivity contribution in [2.24, 2.45) is 7.05 Å². The number of anilines is 1. The first-order valence-electron chi connectivity index (χ1n) is 9.48. The molecular formula is C24H21N2OSe2+. The zero-order chi connectivity index (χ0) is 20.0. The molecule has 1 aliphatic heterocycles. The van der Waals surface area contributed by atoms with Gasteiger partial charge in [0.1, 0.15) is 0 Å². The zero-order valence-electron chi connectivity index (χ0n) is 16.5. The van der Waals surface area contributed by atoms with Crippen LogP contribution in [0.3, 0.4) is 0 Å². The predicted molar refractivity (Wildman–Crippen MR) is 123 cm³/mol. The average molecular weight is 511 g/mol. The van der Waals surface area contributed by atoms with Crippen molar-refractivity contribution in [2.75, 3.05) is 11.9 Å². The van der Waals surface area contributed by atoms with E-state index in [1.165, 1.54) is 26.6 Å². The number of fused-ring (bicyclic) bond motifs is 4. The number of allylic oxidation sites excluding steroid dienone is 4. The Morgan fingerprint density at radius 1 is 1.14 bits per heavy atom. The number of nitrogens with zero attached hydrogens (tertiary/aromatic N) is 2. The van der Waals surface area contributed by atoms with E-state index < -0.39 is 0 Å². The number of benzene rings is 2. The number of hydrogen-bond donors (Lipinski definition) is 0. The summed E-state index contributed by atoms with van der Waals surface area (Å²) in [4.78, 5) is 4.67. The van der Waals surface area contributed by atoms with E-state index in [4.69, 9.17) is 4.42 Å². The van der Waals surface area contributed by atoms with Crippen LogP contribution in [-0.4, -0.2) is 36.5 Å². The quantitative estimate of drug-likeness (QED) is 0.237. The van der Waals surface area contributed by atoms with Crippen LogP contribution in [0.4, 0.5) is 5.69 Å². The third kappa shape index (κ3) is 3.35. The van der Waals surface area contributed by atoms with Gasteiger partial charge in [0.15, 0.2) is 0 Å². The van der Waals surface area contributed by atoms with Gasteiger partial charge < -0.3 is 0 Å². The molecule has 29 heavy (non-hydrogen) atoms. The fourth-order valence-electron chi connectivity index (χ4n) is 3.60. The van der Waals surface area contributed by atoms with Crippen molar-refractivity contribution in [3.05, 3.63) is 81.7 Å². The third-order valence-electron chi connectivity index (χ3n) is 5.22. The van der Waals surface area contributed by atoms with Crippen molar-refractivity contribution in [1.29, 1.82) is 0 Å². The van der Waals surface area contributed by atoms with E-state index in [0.29, 0.717) is 29.5 Å². The number of rotatable bonds is 3. The van der Waals surface area contributed by atoms with E-state index in [9.17, 15) is 0 Å². The van der Waals surface area contributed by atoms with E-state index in [0.717, 1.165) is 17.0 Å². The molecule has 0 atom stereocenters. The summed E-state index contributed by atoms with van der Waals surface area (Å²) < 4.78 is 11.3. The molecule has 0 saturated carbocycles. The maximum atomic E-state index is 6.12. The van der Waals surface area contributed by atoms with Crippen LogP contribution < -0.4 is 12.8 Å². The van der Waals surface area contributed by atoms with Crippen molar-refractivity contribution < 1.29 is 8.98 Å². The van der Waals surface area contributed by atoms with Gasteiger partial charge in [0.05, 0.1) is 0 Å². The first-order chi connectivity index (χ1) is 14.1. The molecular weight excluding hydrogens is 490 g/mol. The Labute approximate surface area is 182 Å². The molecule has 0 N–H and O–H groups in total. The number of aryl methyl sites for hydroxylation is 1. The molecule has 0 bridgehead atoms. The second-order valence-corrected chi connectivity index (χ2v) is 12.5. The van der Waals surface area contributed by atoms with Gasteiger partial charge in [-0.2, -0.15) is 0 Å². The number of hydrogen-bond acceptors (Lipinski definition) is 2. The summed E-state index contributed by atoms with van der Waals surface area (Å²) in [6, 6.07) is 14.9. The third-order valence-corrected chi connectivity index (χ3v) is 10.8. The molecule has 1 aliphatic rings. The standard InChI is InChI=1S/C24H21N2OSe2/c1-16(9-13-22-25(2)19-14-15-28-24(19)29-22)8-12-21-26(3)23-18-7-5-4-6-17(18)10-11-20(23)27-21/h4-15H,1-3H3/q+1.